The van der Waals surface area contributed by atoms with Crippen LogP contribution in [0.5, 0.6) is 5.75 Å². The second kappa shape index (κ2) is 8.32. The van der Waals surface area contributed by atoms with Crippen LogP contribution in [0, 0.1) is 6.92 Å². The van der Waals surface area contributed by atoms with E-state index in [-0.39, 0.29) is 6.10 Å². The molecule has 0 aromatic heterocycles. The fraction of sp³-hybridized carbons (Fsp3) is 0.700. The largest absolute Gasteiger partial charge is 0.496 e. The van der Waals surface area contributed by atoms with Crippen LogP contribution in [0.2, 0.25) is 0 Å². The number of methoxy groups -OCH3 is 1. The Bertz CT molecular complexity index is 534. The third kappa shape index (κ3) is 4.29. The molecule has 1 N–H and O–H groups in total. The van der Waals surface area contributed by atoms with Gasteiger partial charge in [-0.2, -0.15) is 0 Å². The lowest BCUT2D eigenvalue weighted by Gasteiger charge is -2.37. The molecule has 0 radical (unpaired) electrons. The molecule has 0 bridgehead atoms. The van der Waals surface area contributed by atoms with Crippen molar-refractivity contribution in [3.05, 3.63) is 29.3 Å². The molecule has 1 aliphatic carbocycles. The van der Waals surface area contributed by atoms with E-state index in [1.165, 1.54) is 30.4 Å². The monoisotopic (exact) mass is 333 g/mol. The number of aliphatic hydroxyl groups is 1. The molecule has 3 rings (SSSR count). The Hall–Kier alpha value is -1.10. The molecule has 1 aliphatic heterocycles. The third-order valence-electron chi connectivity index (χ3n) is 5.51. The van der Waals surface area contributed by atoms with Crippen LogP contribution < -0.4 is 4.74 Å². The second-order valence-corrected chi connectivity index (χ2v) is 7.25. The molecule has 2 aliphatic rings. The zero-order chi connectivity index (χ0) is 16.9. The quantitative estimate of drug-likeness (QED) is 0.869. The summed E-state index contributed by atoms with van der Waals surface area (Å²) in [4.78, 5) is 2.45. The van der Waals surface area contributed by atoms with Gasteiger partial charge in [-0.15, -0.1) is 0 Å². The molecule has 1 saturated heterocycles. The van der Waals surface area contributed by atoms with E-state index in [0.29, 0.717) is 12.1 Å². The van der Waals surface area contributed by atoms with Crippen molar-refractivity contribution in [1.82, 2.24) is 4.90 Å². The summed E-state index contributed by atoms with van der Waals surface area (Å²) in [5.41, 5.74) is 2.48. The van der Waals surface area contributed by atoms with Gasteiger partial charge in [-0.05, 0) is 49.8 Å². The SMILES string of the molecule is COc1ccc(CCO[C@@H]2CCCC[C@H]2N2CC[C@H](O)C2)cc1C. The first-order valence-electron chi connectivity index (χ1n) is 9.34. The van der Waals surface area contributed by atoms with Crippen molar-refractivity contribution in [3.8, 4) is 5.75 Å². The highest BCUT2D eigenvalue weighted by atomic mass is 16.5. The Labute approximate surface area is 145 Å². The minimum Gasteiger partial charge on any atom is -0.496 e. The summed E-state index contributed by atoms with van der Waals surface area (Å²) in [5, 5.41) is 9.82. The van der Waals surface area contributed by atoms with Crippen LogP contribution in [0.4, 0.5) is 0 Å². The van der Waals surface area contributed by atoms with E-state index in [1.807, 2.05) is 6.07 Å². The van der Waals surface area contributed by atoms with Gasteiger partial charge in [0.15, 0.2) is 0 Å². The van der Waals surface area contributed by atoms with Crippen LogP contribution in [0.25, 0.3) is 0 Å². The molecule has 24 heavy (non-hydrogen) atoms. The lowest BCUT2D eigenvalue weighted by molar-refractivity contribution is -0.0316. The van der Waals surface area contributed by atoms with E-state index in [9.17, 15) is 5.11 Å². The van der Waals surface area contributed by atoms with Crippen LogP contribution in [0.3, 0.4) is 0 Å². The maximum Gasteiger partial charge on any atom is 0.121 e. The van der Waals surface area contributed by atoms with Gasteiger partial charge in [0.25, 0.3) is 0 Å². The molecule has 0 unspecified atom stereocenters. The number of hydrogen-bond donors (Lipinski definition) is 1. The van der Waals surface area contributed by atoms with Crippen LogP contribution in [0.1, 0.15) is 43.2 Å². The van der Waals surface area contributed by atoms with E-state index >= 15 is 0 Å². The number of nitrogens with zero attached hydrogens (tertiary/aromatic N) is 1. The van der Waals surface area contributed by atoms with Gasteiger partial charge in [-0.1, -0.05) is 25.0 Å². The predicted octanol–water partition coefficient (Wildman–Crippen LogP) is 2.94. The van der Waals surface area contributed by atoms with Gasteiger partial charge in [-0.3, -0.25) is 4.90 Å². The van der Waals surface area contributed by atoms with Crippen molar-refractivity contribution in [2.24, 2.45) is 0 Å². The molecular weight excluding hydrogens is 302 g/mol. The lowest BCUT2D eigenvalue weighted by Crippen LogP contribution is -2.46. The normalized spacial score (nSPS) is 28.2. The van der Waals surface area contributed by atoms with Crippen LogP contribution in [-0.2, 0) is 11.2 Å². The van der Waals surface area contributed by atoms with Gasteiger partial charge in [0, 0.05) is 19.1 Å². The summed E-state index contributed by atoms with van der Waals surface area (Å²) in [6, 6.07) is 6.86. The zero-order valence-corrected chi connectivity index (χ0v) is 15.0. The minimum atomic E-state index is -0.144. The Balaban J connectivity index is 1.51. The van der Waals surface area contributed by atoms with Crippen LogP contribution in [-0.4, -0.2) is 55.1 Å². The Morgan fingerprint density at radius 3 is 2.75 bits per heavy atom. The average Bonchev–Trinajstić information content (AvgIpc) is 3.02. The van der Waals surface area contributed by atoms with Crippen molar-refractivity contribution in [3.63, 3.8) is 0 Å². The average molecular weight is 333 g/mol. The number of benzene rings is 1. The highest BCUT2D eigenvalue weighted by Gasteiger charge is 2.34. The molecule has 0 spiro atoms. The molecule has 0 amide bonds. The number of hydrogen-bond acceptors (Lipinski definition) is 4. The third-order valence-corrected chi connectivity index (χ3v) is 5.51. The van der Waals surface area contributed by atoms with Crippen molar-refractivity contribution >= 4 is 0 Å². The standard InChI is InChI=1S/C20H31NO3/c1-15-13-16(7-8-19(15)23-2)10-12-24-20-6-4-3-5-18(20)21-11-9-17(22)14-21/h7-8,13,17-18,20,22H,3-6,9-12,14H2,1-2H3/t17-,18+,20+/m0/s1. The summed E-state index contributed by atoms with van der Waals surface area (Å²) in [7, 11) is 1.71. The highest BCUT2D eigenvalue weighted by molar-refractivity contribution is 5.36. The van der Waals surface area contributed by atoms with Crippen LogP contribution >= 0.6 is 0 Å². The number of likely N-dealkylation sites (tertiary alicyclic amines) is 1. The van der Waals surface area contributed by atoms with Gasteiger partial charge in [0.1, 0.15) is 5.75 Å². The van der Waals surface area contributed by atoms with Gasteiger partial charge < -0.3 is 14.6 Å². The molecule has 4 heteroatoms. The smallest absolute Gasteiger partial charge is 0.121 e. The Kier molecular flexibility index (Phi) is 6.14. The first-order chi connectivity index (χ1) is 11.7. The van der Waals surface area contributed by atoms with E-state index < -0.39 is 0 Å². The van der Waals surface area contributed by atoms with Crippen molar-refractivity contribution in [1.29, 1.82) is 0 Å². The summed E-state index contributed by atoms with van der Waals surface area (Å²) < 4.78 is 11.6. The van der Waals surface area contributed by atoms with Crippen molar-refractivity contribution in [2.75, 3.05) is 26.8 Å². The summed E-state index contributed by atoms with van der Waals surface area (Å²) in [6.07, 6.45) is 6.94. The van der Waals surface area contributed by atoms with Gasteiger partial charge in [0.05, 0.1) is 25.9 Å². The molecule has 1 aromatic rings. The van der Waals surface area contributed by atoms with E-state index in [1.54, 1.807) is 7.11 Å². The maximum atomic E-state index is 9.82. The summed E-state index contributed by atoms with van der Waals surface area (Å²) in [6.45, 7) is 4.69. The highest BCUT2D eigenvalue weighted by Crippen LogP contribution is 2.28. The fourth-order valence-corrected chi connectivity index (χ4v) is 4.18. The zero-order valence-electron chi connectivity index (χ0n) is 15.0. The first-order valence-corrected chi connectivity index (χ1v) is 9.34. The molecule has 1 aromatic carbocycles. The molecule has 1 heterocycles. The van der Waals surface area contributed by atoms with Gasteiger partial charge >= 0.3 is 0 Å². The molecule has 3 atom stereocenters. The Morgan fingerprint density at radius 2 is 2.04 bits per heavy atom. The fourth-order valence-electron chi connectivity index (χ4n) is 4.18. The van der Waals surface area contributed by atoms with Crippen molar-refractivity contribution in [2.45, 2.75) is 63.7 Å². The first kappa shape index (κ1) is 17.7. The molecular formula is C20H31NO3. The van der Waals surface area contributed by atoms with E-state index in [4.69, 9.17) is 9.47 Å². The van der Waals surface area contributed by atoms with Gasteiger partial charge in [-0.25, -0.2) is 0 Å². The van der Waals surface area contributed by atoms with Crippen molar-refractivity contribution < 1.29 is 14.6 Å². The topological polar surface area (TPSA) is 41.9 Å². The summed E-state index contributed by atoms with van der Waals surface area (Å²) in [5.74, 6) is 0.944. The van der Waals surface area contributed by atoms with Crippen LogP contribution in [0.15, 0.2) is 18.2 Å². The number of ether oxygens (including phenoxy) is 2. The predicted molar refractivity (Wildman–Crippen MR) is 95.6 cm³/mol. The summed E-state index contributed by atoms with van der Waals surface area (Å²) >= 11 is 0. The second-order valence-electron chi connectivity index (χ2n) is 7.25. The van der Waals surface area contributed by atoms with Gasteiger partial charge in [0.2, 0.25) is 0 Å². The molecule has 1 saturated carbocycles. The number of β-amino-alcohol motifs (C(OH)–C–C–N with tert-alkyl or cyclic N) is 1. The number of aliphatic hydroxyl groups excluding tert-OH is 1. The Morgan fingerprint density at radius 1 is 1.21 bits per heavy atom. The number of rotatable bonds is 6. The molecule has 4 nitrogen and oxygen atoms in total. The van der Waals surface area contributed by atoms with E-state index in [0.717, 1.165) is 44.7 Å². The minimum absolute atomic E-state index is 0.144. The number of aryl methyl sites for hydroxylation is 1. The molecule has 134 valence electrons. The van der Waals surface area contributed by atoms with E-state index in [2.05, 4.69) is 24.0 Å². The lowest BCUT2D eigenvalue weighted by atomic mass is 9.91. The molecule has 2 fully saturated rings. The maximum absolute atomic E-state index is 9.82.